The van der Waals surface area contributed by atoms with E-state index in [-0.39, 0.29) is 11.5 Å². The Morgan fingerprint density at radius 2 is 1.46 bits per heavy atom. The van der Waals surface area contributed by atoms with Gasteiger partial charge < -0.3 is 20.2 Å². The highest BCUT2D eigenvalue weighted by Crippen LogP contribution is 2.23. The van der Waals surface area contributed by atoms with Crippen molar-refractivity contribution in [2.75, 3.05) is 36.4 Å². The molecule has 2 N–H and O–H groups in total. The van der Waals surface area contributed by atoms with Gasteiger partial charge in [-0.25, -0.2) is 4.79 Å². The number of amides is 2. The van der Waals surface area contributed by atoms with Crippen molar-refractivity contribution in [1.82, 2.24) is 4.90 Å². The second kappa shape index (κ2) is 11.6. The zero-order valence-corrected chi connectivity index (χ0v) is 21.1. The van der Waals surface area contributed by atoms with Crippen LogP contribution in [-0.2, 0) is 9.59 Å². The molecule has 0 aliphatic carbocycles. The van der Waals surface area contributed by atoms with Crippen molar-refractivity contribution in [1.29, 1.82) is 0 Å². The molecule has 3 aromatic carbocycles. The Bertz CT molecular complexity index is 1290. The topological polar surface area (TPSA) is 90.0 Å². The average Bonchev–Trinajstić information content (AvgIpc) is 2.92. The van der Waals surface area contributed by atoms with Crippen LogP contribution in [0.4, 0.5) is 11.4 Å². The Labute approximate surface area is 217 Å². The van der Waals surface area contributed by atoms with E-state index >= 15 is 0 Å². The van der Waals surface area contributed by atoms with Crippen LogP contribution in [0.15, 0.2) is 84.9 Å². The maximum Gasteiger partial charge on any atom is 0.336 e. The van der Waals surface area contributed by atoms with Gasteiger partial charge in [0.1, 0.15) is 0 Å². The van der Waals surface area contributed by atoms with Crippen LogP contribution < -0.4 is 10.2 Å². The van der Waals surface area contributed by atoms with Gasteiger partial charge in [-0.1, -0.05) is 68.4 Å². The van der Waals surface area contributed by atoms with Crippen LogP contribution in [0.25, 0.3) is 5.57 Å². The number of aliphatic carboxylic acids is 1. The molecule has 1 aliphatic rings. The lowest BCUT2D eigenvalue weighted by Gasteiger charge is -2.36. The summed E-state index contributed by atoms with van der Waals surface area (Å²) in [6, 6.07) is 23.8. The maximum atomic E-state index is 13.4. The number of piperazine rings is 1. The molecule has 0 radical (unpaired) electrons. The molecule has 0 bridgehead atoms. The molecular formula is C30H31N3O4. The first-order valence-electron chi connectivity index (χ1n) is 12.4. The number of nitrogens with one attached hydrogen (secondary N) is 1. The highest BCUT2D eigenvalue weighted by Gasteiger charge is 2.24. The normalized spacial score (nSPS) is 14.0. The van der Waals surface area contributed by atoms with Crippen LogP contribution in [0.1, 0.15) is 41.3 Å². The number of benzene rings is 3. The first kappa shape index (κ1) is 25.7. The maximum absolute atomic E-state index is 13.4. The second-order valence-electron chi connectivity index (χ2n) is 9.29. The molecule has 2 amide bonds. The summed E-state index contributed by atoms with van der Waals surface area (Å²) in [7, 11) is 0. The number of rotatable bonds is 7. The van der Waals surface area contributed by atoms with E-state index in [0.717, 1.165) is 11.8 Å². The van der Waals surface area contributed by atoms with Crippen LogP contribution in [0.3, 0.4) is 0 Å². The zero-order chi connectivity index (χ0) is 26.4. The highest BCUT2D eigenvalue weighted by atomic mass is 16.4. The lowest BCUT2D eigenvalue weighted by Crippen LogP contribution is -2.49. The summed E-state index contributed by atoms with van der Waals surface area (Å²) < 4.78 is 0. The quantitative estimate of drug-likeness (QED) is 0.454. The molecule has 4 rings (SSSR count). The first-order chi connectivity index (χ1) is 17.8. The monoisotopic (exact) mass is 497 g/mol. The van der Waals surface area contributed by atoms with Gasteiger partial charge in [0.2, 0.25) is 5.91 Å². The van der Waals surface area contributed by atoms with E-state index in [2.05, 4.69) is 48.3 Å². The molecule has 0 saturated carbocycles. The molecule has 7 heteroatoms. The number of hydrogen-bond donors (Lipinski definition) is 2. The SMILES string of the molecule is CC(C)c1ccc(N2CCN(C(=O)c3ccccc3NC(=O)/C=C(\C(=O)O)c3ccccc3)CC2)cc1. The second-order valence-corrected chi connectivity index (χ2v) is 9.29. The minimum Gasteiger partial charge on any atom is -0.478 e. The molecule has 1 fully saturated rings. The van der Waals surface area contributed by atoms with Crippen molar-refractivity contribution in [2.24, 2.45) is 0 Å². The molecular weight excluding hydrogens is 466 g/mol. The largest absolute Gasteiger partial charge is 0.478 e. The van der Waals surface area contributed by atoms with E-state index in [0.29, 0.717) is 48.9 Å². The third-order valence-corrected chi connectivity index (χ3v) is 6.50. The molecule has 190 valence electrons. The molecule has 0 unspecified atom stereocenters. The van der Waals surface area contributed by atoms with E-state index in [1.54, 1.807) is 59.5 Å². The van der Waals surface area contributed by atoms with Gasteiger partial charge in [0.15, 0.2) is 0 Å². The Kier molecular flexibility index (Phi) is 8.03. The molecule has 7 nitrogen and oxygen atoms in total. The Hall–Kier alpha value is -4.39. The summed E-state index contributed by atoms with van der Waals surface area (Å²) in [6.45, 7) is 6.88. The number of carbonyl (C=O) groups excluding carboxylic acids is 2. The Morgan fingerprint density at radius 3 is 2.08 bits per heavy atom. The Balaban J connectivity index is 1.44. The van der Waals surface area contributed by atoms with Crippen molar-refractivity contribution < 1.29 is 19.5 Å². The summed E-state index contributed by atoms with van der Waals surface area (Å²) in [6.07, 6.45) is 1.04. The fourth-order valence-electron chi connectivity index (χ4n) is 4.37. The zero-order valence-electron chi connectivity index (χ0n) is 21.1. The standard InChI is InChI=1S/C30H31N3O4/c1-21(2)22-12-14-24(15-13-22)32-16-18-33(19-17-32)29(35)25-10-6-7-11-27(25)31-28(34)20-26(30(36)37)23-8-4-3-5-9-23/h3-15,20-21H,16-19H2,1-2H3,(H,31,34)(H,36,37)/b26-20-. The highest BCUT2D eigenvalue weighted by molar-refractivity contribution is 6.22. The predicted molar refractivity (Wildman–Crippen MR) is 146 cm³/mol. The molecule has 0 atom stereocenters. The smallest absolute Gasteiger partial charge is 0.336 e. The van der Waals surface area contributed by atoms with Gasteiger partial charge in [-0.05, 0) is 41.3 Å². The van der Waals surface area contributed by atoms with Crippen molar-refractivity contribution >= 4 is 34.7 Å². The molecule has 1 heterocycles. The summed E-state index contributed by atoms with van der Waals surface area (Å²) in [4.78, 5) is 41.9. The number of nitrogens with zero attached hydrogens (tertiary/aromatic N) is 2. The predicted octanol–water partition coefficient (Wildman–Crippen LogP) is 4.88. The van der Waals surface area contributed by atoms with Crippen LogP contribution >= 0.6 is 0 Å². The third-order valence-electron chi connectivity index (χ3n) is 6.50. The summed E-state index contributed by atoms with van der Waals surface area (Å²) in [5, 5.41) is 12.3. The van der Waals surface area contributed by atoms with E-state index in [1.807, 2.05) is 0 Å². The third kappa shape index (κ3) is 6.25. The van der Waals surface area contributed by atoms with Crippen molar-refractivity contribution in [3.05, 3.63) is 102 Å². The summed E-state index contributed by atoms with van der Waals surface area (Å²) >= 11 is 0. The van der Waals surface area contributed by atoms with Crippen LogP contribution in [0, 0.1) is 0 Å². The molecule has 1 saturated heterocycles. The van der Waals surface area contributed by atoms with E-state index < -0.39 is 11.9 Å². The number of para-hydroxylation sites is 1. The lowest BCUT2D eigenvalue weighted by atomic mass is 10.0. The summed E-state index contributed by atoms with van der Waals surface area (Å²) in [5.41, 5.74) is 3.45. The van der Waals surface area contributed by atoms with E-state index in [1.165, 1.54) is 5.56 Å². The van der Waals surface area contributed by atoms with Gasteiger partial charge in [-0.3, -0.25) is 9.59 Å². The van der Waals surface area contributed by atoms with Gasteiger partial charge in [-0.15, -0.1) is 0 Å². The minimum atomic E-state index is -1.21. The van der Waals surface area contributed by atoms with Gasteiger partial charge in [-0.2, -0.15) is 0 Å². The average molecular weight is 498 g/mol. The molecule has 37 heavy (non-hydrogen) atoms. The number of hydrogen-bond acceptors (Lipinski definition) is 4. The fraction of sp³-hybridized carbons (Fsp3) is 0.233. The number of carbonyl (C=O) groups is 3. The van der Waals surface area contributed by atoms with Crippen molar-refractivity contribution in [3.8, 4) is 0 Å². The molecule has 0 spiro atoms. The number of anilines is 2. The van der Waals surface area contributed by atoms with Crippen LogP contribution in [0.5, 0.6) is 0 Å². The van der Waals surface area contributed by atoms with Gasteiger partial charge in [0.25, 0.3) is 5.91 Å². The van der Waals surface area contributed by atoms with Gasteiger partial charge in [0, 0.05) is 37.9 Å². The van der Waals surface area contributed by atoms with Crippen LogP contribution in [-0.4, -0.2) is 54.0 Å². The molecule has 0 aromatic heterocycles. The number of carboxylic acid groups (broad SMARTS) is 1. The molecule has 1 aliphatic heterocycles. The lowest BCUT2D eigenvalue weighted by molar-refractivity contribution is -0.130. The first-order valence-corrected chi connectivity index (χ1v) is 12.4. The van der Waals surface area contributed by atoms with E-state index in [4.69, 9.17) is 0 Å². The molecule has 3 aromatic rings. The summed E-state index contributed by atoms with van der Waals surface area (Å²) in [5.74, 6) is -1.51. The van der Waals surface area contributed by atoms with E-state index in [9.17, 15) is 19.5 Å². The van der Waals surface area contributed by atoms with Gasteiger partial charge in [0.05, 0.1) is 16.8 Å². The van der Waals surface area contributed by atoms with Crippen molar-refractivity contribution in [3.63, 3.8) is 0 Å². The van der Waals surface area contributed by atoms with Gasteiger partial charge >= 0.3 is 5.97 Å². The minimum absolute atomic E-state index is 0.126. The van der Waals surface area contributed by atoms with Crippen LogP contribution in [0.2, 0.25) is 0 Å². The van der Waals surface area contributed by atoms with Crippen molar-refractivity contribution in [2.45, 2.75) is 19.8 Å². The fourth-order valence-corrected chi connectivity index (χ4v) is 4.37. The number of carboxylic acids is 1. The Morgan fingerprint density at radius 1 is 0.838 bits per heavy atom.